The van der Waals surface area contributed by atoms with Crippen LogP contribution in [0.25, 0.3) is 0 Å². The summed E-state index contributed by atoms with van der Waals surface area (Å²) >= 11 is 0. The number of rotatable bonds is 7. The third kappa shape index (κ3) is 4.34. The number of hydrogen-bond donors (Lipinski definition) is 1. The van der Waals surface area contributed by atoms with Crippen molar-refractivity contribution in [2.75, 3.05) is 13.2 Å². The molecule has 0 radical (unpaired) electrons. The summed E-state index contributed by atoms with van der Waals surface area (Å²) in [5.41, 5.74) is 0.357. The van der Waals surface area contributed by atoms with Gasteiger partial charge in [-0.15, -0.1) is 0 Å². The Morgan fingerprint density at radius 2 is 1.71 bits per heavy atom. The molecule has 1 N–H and O–H groups in total. The summed E-state index contributed by atoms with van der Waals surface area (Å²) in [5.74, 6) is -2.20. The molecule has 0 atom stereocenters. The SMILES string of the molecule is CCOC(=O)C(NC(=O)c1cccn1CC)C(=O)OCC. The molecule has 0 spiro atoms. The summed E-state index contributed by atoms with van der Waals surface area (Å²) in [6.07, 6.45) is 1.73. The zero-order valence-electron chi connectivity index (χ0n) is 12.4. The van der Waals surface area contributed by atoms with Crippen molar-refractivity contribution in [3.8, 4) is 0 Å². The molecular weight excluding hydrogens is 276 g/mol. The number of aromatic nitrogens is 1. The molecule has 21 heavy (non-hydrogen) atoms. The van der Waals surface area contributed by atoms with Crippen molar-refractivity contribution in [3.05, 3.63) is 24.0 Å². The van der Waals surface area contributed by atoms with Gasteiger partial charge >= 0.3 is 11.9 Å². The highest BCUT2D eigenvalue weighted by Crippen LogP contribution is 2.04. The minimum atomic E-state index is -1.46. The second-order valence-corrected chi connectivity index (χ2v) is 4.09. The Morgan fingerprint density at radius 3 is 2.19 bits per heavy atom. The molecule has 116 valence electrons. The molecular formula is C14H20N2O5. The van der Waals surface area contributed by atoms with Gasteiger partial charge in [-0.2, -0.15) is 0 Å². The summed E-state index contributed by atoms with van der Waals surface area (Å²) in [6.45, 7) is 5.92. The first-order chi connectivity index (χ1) is 10.0. The predicted molar refractivity (Wildman–Crippen MR) is 74.6 cm³/mol. The zero-order valence-corrected chi connectivity index (χ0v) is 12.4. The molecule has 0 aliphatic carbocycles. The minimum Gasteiger partial charge on any atom is -0.464 e. The number of esters is 2. The van der Waals surface area contributed by atoms with Crippen LogP contribution in [0.3, 0.4) is 0 Å². The van der Waals surface area contributed by atoms with Crippen molar-refractivity contribution < 1.29 is 23.9 Å². The standard InChI is InChI=1S/C14H20N2O5/c1-4-16-9-7-8-10(16)12(17)15-11(13(18)20-5-2)14(19)21-6-3/h7-9,11H,4-6H2,1-3H3,(H,15,17). The normalized spacial score (nSPS) is 10.3. The fourth-order valence-corrected chi connectivity index (χ4v) is 1.77. The zero-order chi connectivity index (χ0) is 15.8. The smallest absolute Gasteiger partial charge is 0.340 e. The maximum atomic E-state index is 12.2. The summed E-state index contributed by atoms with van der Waals surface area (Å²) < 4.78 is 11.3. The second-order valence-electron chi connectivity index (χ2n) is 4.09. The largest absolute Gasteiger partial charge is 0.464 e. The minimum absolute atomic E-state index is 0.107. The summed E-state index contributed by atoms with van der Waals surface area (Å²) in [5, 5.41) is 2.35. The summed E-state index contributed by atoms with van der Waals surface area (Å²) in [6, 6.07) is 1.85. The topological polar surface area (TPSA) is 86.6 Å². The molecule has 0 aliphatic rings. The molecule has 0 bridgehead atoms. The van der Waals surface area contributed by atoms with E-state index in [2.05, 4.69) is 5.32 Å². The molecule has 1 aromatic rings. The molecule has 7 heteroatoms. The molecule has 1 amide bonds. The van der Waals surface area contributed by atoms with E-state index in [1.54, 1.807) is 36.7 Å². The van der Waals surface area contributed by atoms with Crippen LogP contribution in [-0.2, 0) is 25.6 Å². The molecule has 0 saturated heterocycles. The highest BCUT2D eigenvalue weighted by molar-refractivity contribution is 6.05. The molecule has 0 aromatic carbocycles. The number of ether oxygens (including phenoxy) is 2. The van der Waals surface area contributed by atoms with E-state index in [0.29, 0.717) is 12.2 Å². The predicted octanol–water partition coefficient (Wildman–Crippen LogP) is 0.733. The van der Waals surface area contributed by atoms with Crippen LogP contribution in [-0.4, -0.2) is 41.7 Å². The summed E-state index contributed by atoms with van der Waals surface area (Å²) in [7, 11) is 0. The molecule has 0 aliphatic heterocycles. The van der Waals surface area contributed by atoms with Gasteiger partial charge in [-0.05, 0) is 32.9 Å². The van der Waals surface area contributed by atoms with Crippen LogP contribution >= 0.6 is 0 Å². The lowest BCUT2D eigenvalue weighted by Crippen LogP contribution is -2.48. The van der Waals surface area contributed by atoms with Gasteiger partial charge in [0.1, 0.15) is 5.69 Å². The molecule has 0 saturated carbocycles. The number of nitrogens with one attached hydrogen (secondary N) is 1. The van der Waals surface area contributed by atoms with E-state index in [0.717, 1.165) is 0 Å². The maximum Gasteiger partial charge on any atom is 0.340 e. The maximum absolute atomic E-state index is 12.2. The lowest BCUT2D eigenvalue weighted by molar-refractivity contribution is -0.157. The Bertz CT molecular complexity index is 491. The number of carbonyl (C=O) groups is 3. The average Bonchev–Trinajstić information content (AvgIpc) is 2.93. The molecule has 1 heterocycles. The quantitative estimate of drug-likeness (QED) is 0.592. The summed E-state index contributed by atoms with van der Waals surface area (Å²) in [4.78, 5) is 35.7. The Morgan fingerprint density at radius 1 is 1.14 bits per heavy atom. The van der Waals surface area contributed by atoms with E-state index >= 15 is 0 Å². The van der Waals surface area contributed by atoms with Crippen LogP contribution in [0.15, 0.2) is 18.3 Å². The van der Waals surface area contributed by atoms with Gasteiger partial charge in [-0.25, -0.2) is 9.59 Å². The molecule has 1 rings (SSSR count). The first-order valence-corrected chi connectivity index (χ1v) is 6.84. The van der Waals surface area contributed by atoms with Crippen molar-refractivity contribution in [2.45, 2.75) is 33.4 Å². The molecule has 0 unspecified atom stereocenters. The number of nitrogens with zero attached hydrogens (tertiary/aromatic N) is 1. The number of carbonyl (C=O) groups excluding carboxylic acids is 3. The highest BCUT2D eigenvalue weighted by atomic mass is 16.6. The van der Waals surface area contributed by atoms with Crippen LogP contribution in [0.1, 0.15) is 31.3 Å². The molecule has 7 nitrogen and oxygen atoms in total. The molecule has 0 fully saturated rings. The van der Waals surface area contributed by atoms with Gasteiger partial charge in [-0.3, -0.25) is 4.79 Å². The van der Waals surface area contributed by atoms with Crippen molar-refractivity contribution in [2.24, 2.45) is 0 Å². The number of hydrogen-bond acceptors (Lipinski definition) is 5. The first kappa shape index (κ1) is 16.7. The Balaban J connectivity index is 2.87. The van der Waals surface area contributed by atoms with Gasteiger partial charge in [0, 0.05) is 12.7 Å². The van der Waals surface area contributed by atoms with Crippen LogP contribution < -0.4 is 5.32 Å². The van der Waals surface area contributed by atoms with E-state index in [1.807, 2.05) is 6.92 Å². The lowest BCUT2D eigenvalue weighted by atomic mass is 10.2. The lowest BCUT2D eigenvalue weighted by Gasteiger charge is -2.16. The Hall–Kier alpha value is -2.31. The fraction of sp³-hybridized carbons (Fsp3) is 0.500. The van der Waals surface area contributed by atoms with Crippen molar-refractivity contribution in [1.82, 2.24) is 9.88 Å². The van der Waals surface area contributed by atoms with Crippen LogP contribution in [0.2, 0.25) is 0 Å². The van der Waals surface area contributed by atoms with E-state index in [1.165, 1.54) is 0 Å². The van der Waals surface area contributed by atoms with Gasteiger partial charge in [0.05, 0.1) is 13.2 Å². The third-order valence-corrected chi connectivity index (χ3v) is 2.72. The second kappa shape index (κ2) is 8.08. The highest BCUT2D eigenvalue weighted by Gasteiger charge is 2.32. The van der Waals surface area contributed by atoms with Crippen LogP contribution in [0, 0.1) is 0 Å². The van der Waals surface area contributed by atoms with E-state index in [4.69, 9.17) is 9.47 Å². The monoisotopic (exact) mass is 296 g/mol. The number of amides is 1. The Kier molecular flexibility index (Phi) is 6.45. The van der Waals surface area contributed by atoms with Gasteiger partial charge < -0.3 is 19.4 Å². The van der Waals surface area contributed by atoms with E-state index in [9.17, 15) is 14.4 Å². The third-order valence-electron chi connectivity index (χ3n) is 2.72. The van der Waals surface area contributed by atoms with Gasteiger partial charge in [0.2, 0.25) is 6.04 Å². The van der Waals surface area contributed by atoms with Crippen LogP contribution in [0.4, 0.5) is 0 Å². The van der Waals surface area contributed by atoms with Crippen molar-refractivity contribution >= 4 is 17.8 Å². The first-order valence-electron chi connectivity index (χ1n) is 6.84. The van der Waals surface area contributed by atoms with Gasteiger partial charge in [0.15, 0.2) is 0 Å². The average molecular weight is 296 g/mol. The van der Waals surface area contributed by atoms with Gasteiger partial charge in [0.25, 0.3) is 5.91 Å². The van der Waals surface area contributed by atoms with E-state index < -0.39 is 23.9 Å². The van der Waals surface area contributed by atoms with E-state index in [-0.39, 0.29) is 13.2 Å². The number of aryl methyl sites for hydroxylation is 1. The fourth-order valence-electron chi connectivity index (χ4n) is 1.77. The van der Waals surface area contributed by atoms with Crippen molar-refractivity contribution in [3.63, 3.8) is 0 Å². The Labute approximate surface area is 123 Å². The van der Waals surface area contributed by atoms with Crippen LogP contribution in [0.5, 0.6) is 0 Å². The molecule has 1 aromatic heterocycles. The van der Waals surface area contributed by atoms with Gasteiger partial charge in [-0.1, -0.05) is 0 Å². The van der Waals surface area contributed by atoms with Crippen molar-refractivity contribution in [1.29, 1.82) is 0 Å².